The first-order valence-electron chi connectivity index (χ1n) is 6.13. The van der Waals surface area contributed by atoms with Crippen LogP contribution in [0.4, 0.5) is 0 Å². The normalized spacial score (nSPS) is 17.9. The van der Waals surface area contributed by atoms with Crippen LogP contribution < -0.4 is 10.5 Å². The molecule has 1 aliphatic heterocycles. The zero-order chi connectivity index (χ0) is 13.1. The number of hydrogen-bond donors (Lipinski definition) is 2. The fourth-order valence-corrected chi connectivity index (χ4v) is 2.49. The van der Waals surface area contributed by atoms with E-state index in [1.165, 1.54) is 7.11 Å². The Balaban J connectivity index is 2.11. The summed E-state index contributed by atoms with van der Waals surface area (Å²) in [6.45, 7) is 2.58. The third kappa shape index (κ3) is 3.07. The zero-order valence-electron chi connectivity index (χ0n) is 10.5. The predicted octanol–water partition coefficient (Wildman–Crippen LogP) is 1.98. The Bertz CT molecular complexity index is 418. The third-order valence-electron chi connectivity index (χ3n) is 3.36. The molecule has 0 unspecified atom stereocenters. The lowest BCUT2D eigenvalue weighted by Gasteiger charge is -2.30. The van der Waals surface area contributed by atoms with E-state index >= 15 is 0 Å². The molecule has 0 aromatic heterocycles. The van der Waals surface area contributed by atoms with Crippen molar-refractivity contribution in [3.63, 3.8) is 0 Å². The van der Waals surface area contributed by atoms with Gasteiger partial charge in [-0.2, -0.15) is 0 Å². The number of hydrogen-bond acceptors (Lipinski definition) is 4. The molecule has 1 saturated heterocycles. The van der Waals surface area contributed by atoms with Crippen molar-refractivity contribution in [2.75, 3.05) is 20.2 Å². The Labute approximate surface area is 112 Å². The van der Waals surface area contributed by atoms with E-state index in [-0.39, 0.29) is 5.75 Å². The third-order valence-corrected chi connectivity index (χ3v) is 3.58. The molecule has 0 atom stereocenters. The van der Waals surface area contributed by atoms with Crippen LogP contribution in [0.1, 0.15) is 18.4 Å². The fraction of sp³-hybridized carbons (Fsp3) is 0.538. The van der Waals surface area contributed by atoms with Crippen molar-refractivity contribution in [2.45, 2.75) is 25.4 Å². The van der Waals surface area contributed by atoms with E-state index in [9.17, 15) is 5.11 Å². The Hall–Kier alpha value is -0.970. The lowest BCUT2D eigenvalue weighted by molar-refractivity contribution is 0.203. The minimum atomic E-state index is 0.178. The van der Waals surface area contributed by atoms with Crippen molar-refractivity contribution in [3.05, 3.63) is 22.7 Å². The number of likely N-dealkylation sites (tertiary alicyclic amines) is 1. The molecule has 1 aromatic carbocycles. The average molecular weight is 271 g/mol. The predicted molar refractivity (Wildman–Crippen MR) is 72.2 cm³/mol. The van der Waals surface area contributed by atoms with Crippen molar-refractivity contribution in [2.24, 2.45) is 5.73 Å². The fourth-order valence-electron chi connectivity index (χ4n) is 2.26. The molecule has 18 heavy (non-hydrogen) atoms. The summed E-state index contributed by atoms with van der Waals surface area (Å²) in [7, 11) is 1.52. The summed E-state index contributed by atoms with van der Waals surface area (Å²) < 4.78 is 5.10. The number of phenols is 1. The molecule has 1 fully saturated rings. The number of benzene rings is 1. The van der Waals surface area contributed by atoms with Gasteiger partial charge in [-0.05, 0) is 32.0 Å². The Kier molecular flexibility index (Phi) is 4.32. The molecular formula is C13H19ClN2O2. The van der Waals surface area contributed by atoms with Crippen molar-refractivity contribution in [3.8, 4) is 11.5 Å². The number of nitrogens with two attached hydrogens (primary N) is 1. The van der Waals surface area contributed by atoms with Gasteiger partial charge in [0.2, 0.25) is 0 Å². The van der Waals surface area contributed by atoms with Gasteiger partial charge in [-0.3, -0.25) is 4.90 Å². The van der Waals surface area contributed by atoms with Crippen molar-refractivity contribution in [1.82, 2.24) is 4.90 Å². The molecule has 1 heterocycles. The van der Waals surface area contributed by atoms with E-state index in [1.807, 2.05) is 0 Å². The molecule has 1 aromatic rings. The quantitative estimate of drug-likeness (QED) is 0.882. The van der Waals surface area contributed by atoms with Crippen LogP contribution in [0.15, 0.2) is 12.1 Å². The Morgan fingerprint density at radius 1 is 1.44 bits per heavy atom. The first-order valence-corrected chi connectivity index (χ1v) is 6.51. The summed E-state index contributed by atoms with van der Waals surface area (Å²) in [6, 6.07) is 3.71. The minimum Gasteiger partial charge on any atom is -0.504 e. The van der Waals surface area contributed by atoms with Crippen LogP contribution in [0.2, 0.25) is 5.02 Å². The smallest absolute Gasteiger partial charge is 0.162 e. The number of phenolic OH excluding ortho intramolecular Hbond substituents is 1. The van der Waals surface area contributed by atoms with Crippen molar-refractivity contribution >= 4 is 11.6 Å². The summed E-state index contributed by atoms with van der Waals surface area (Å²) in [5.41, 5.74) is 6.67. The lowest BCUT2D eigenvalue weighted by Crippen LogP contribution is -2.39. The molecule has 4 nitrogen and oxygen atoms in total. The summed E-state index contributed by atoms with van der Waals surface area (Å²) in [5.74, 6) is 0.600. The van der Waals surface area contributed by atoms with Gasteiger partial charge in [-0.15, -0.1) is 0 Å². The highest BCUT2D eigenvalue weighted by Gasteiger charge is 2.18. The molecule has 0 aliphatic carbocycles. The maximum atomic E-state index is 10.1. The molecule has 0 saturated carbocycles. The molecule has 5 heteroatoms. The largest absolute Gasteiger partial charge is 0.504 e. The van der Waals surface area contributed by atoms with Crippen LogP contribution in [-0.2, 0) is 6.54 Å². The SMILES string of the molecule is COc1cc(Cl)cc(CN2CCC(N)CC2)c1O. The van der Waals surface area contributed by atoms with Crippen LogP contribution in [0.5, 0.6) is 11.5 Å². The van der Waals surface area contributed by atoms with Gasteiger partial charge >= 0.3 is 0 Å². The van der Waals surface area contributed by atoms with Gasteiger partial charge in [0, 0.05) is 29.2 Å². The number of ether oxygens (including phenoxy) is 1. The first kappa shape index (κ1) is 13.5. The molecule has 0 bridgehead atoms. The monoisotopic (exact) mass is 270 g/mol. The Morgan fingerprint density at radius 2 is 2.11 bits per heavy atom. The Morgan fingerprint density at radius 3 is 2.72 bits per heavy atom. The lowest BCUT2D eigenvalue weighted by atomic mass is 10.0. The van der Waals surface area contributed by atoms with Crippen molar-refractivity contribution < 1.29 is 9.84 Å². The second-order valence-corrected chi connectivity index (χ2v) is 5.17. The van der Waals surface area contributed by atoms with Gasteiger partial charge in [0.05, 0.1) is 7.11 Å². The first-order chi connectivity index (χ1) is 8.60. The second-order valence-electron chi connectivity index (χ2n) is 4.73. The summed E-state index contributed by atoms with van der Waals surface area (Å²) in [5, 5.41) is 10.6. The maximum absolute atomic E-state index is 10.1. The summed E-state index contributed by atoms with van der Waals surface area (Å²) in [6.07, 6.45) is 2.00. The molecule has 0 spiro atoms. The van der Waals surface area contributed by atoms with E-state index in [0.717, 1.165) is 31.5 Å². The van der Waals surface area contributed by atoms with Crippen LogP contribution in [-0.4, -0.2) is 36.2 Å². The van der Waals surface area contributed by atoms with Crippen LogP contribution in [0, 0.1) is 0 Å². The number of methoxy groups -OCH3 is 1. The van der Waals surface area contributed by atoms with Gasteiger partial charge in [-0.25, -0.2) is 0 Å². The molecule has 0 amide bonds. The maximum Gasteiger partial charge on any atom is 0.162 e. The van der Waals surface area contributed by atoms with Gasteiger partial charge < -0.3 is 15.6 Å². The van der Waals surface area contributed by atoms with Crippen molar-refractivity contribution in [1.29, 1.82) is 0 Å². The molecule has 1 aliphatic rings. The van der Waals surface area contributed by atoms with E-state index in [1.54, 1.807) is 12.1 Å². The topological polar surface area (TPSA) is 58.7 Å². The molecular weight excluding hydrogens is 252 g/mol. The number of nitrogens with zero attached hydrogens (tertiary/aromatic N) is 1. The molecule has 100 valence electrons. The number of piperidine rings is 1. The van der Waals surface area contributed by atoms with Gasteiger partial charge in [0.15, 0.2) is 11.5 Å². The average Bonchev–Trinajstić information content (AvgIpc) is 2.36. The standard InChI is InChI=1S/C13H19ClN2O2/c1-18-12-7-10(14)6-9(13(12)17)8-16-4-2-11(15)3-5-16/h6-7,11,17H,2-5,8,15H2,1H3. The highest BCUT2D eigenvalue weighted by Crippen LogP contribution is 2.34. The van der Waals surface area contributed by atoms with E-state index < -0.39 is 0 Å². The van der Waals surface area contributed by atoms with Crippen LogP contribution >= 0.6 is 11.6 Å². The number of halogens is 1. The highest BCUT2D eigenvalue weighted by molar-refractivity contribution is 6.30. The second kappa shape index (κ2) is 5.78. The summed E-state index contributed by atoms with van der Waals surface area (Å²) in [4.78, 5) is 2.27. The van der Waals surface area contributed by atoms with E-state index in [4.69, 9.17) is 22.1 Å². The van der Waals surface area contributed by atoms with Gasteiger partial charge in [0.1, 0.15) is 0 Å². The minimum absolute atomic E-state index is 0.178. The van der Waals surface area contributed by atoms with Gasteiger partial charge in [-0.1, -0.05) is 11.6 Å². The highest BCUT2D eigenvalue weighted by atomic mass is 35.5. The van der Waals surface area contributed by atoms with Crippen LogP contribution in [0.3, 0.4) is 0 Å². The summed E-state index contributed by atoms with van der Waals surface area (Å²) >= 11 is 6.01. The van der Waals surface area contributed by atoms with Gasteiger partial charge in [0.25, 0.3) is 0 Å². The zero-order valence-corrected chi connectivity index (χ0v) is 11.3. The van der Waals surface area contributed by atoms with E-state index in [0.29, 0.717) is 23.4 Å². The number of rotatable bonds is 3. The molecule has 3 N–H and O–H groups in total. The molecule has 2 rings (SSSR count). The van der Waals surface area contributed by atoms with E-state index in [2.05, 4.69) is 4.90 Å². The molecule has 0 radical (unpaired) electrons. The number of aromatic hydroxyl groups is 1. The van der Waals surface area contributed by atoms with Crippen LogP contribution in [0.25, 0.3) is 0 Å².